The molecule has 134 valence electrons. The van der Waals surface area contributed by atoms with Gasteiger partial charge in [-0.1, -0.05) is 6.92 Å². The van der Waals surface area contributed by atoms with Gasteiger partial charge in [-0.2, -0.15) is 5.48 Å². The minimum Gasteiger partial charge on any atom is -0.413 e. The first-order chi connectivity index (χ1) is 12.0. The van der Waals surface area contributed by atoms with Crippen molar-refractivity contribution < 1.29 is 4.84 Å². The van der Waals surface area contributed by atoms with Crippen molar-refractivity contribution in [2.24, 2.45) is 0 Å². The summed E-state index contributed by atoms with van der Waals surface area (Å²) in [7, 11) is 1.69. The van der Waals surface area contributed by atoms with Crippen molar-refractivity contribution in [2.75, 3.05) is 12.4 Å². The van der Waals surface area contributed by atoms with Crippen molar-refractivity contribution in [1.82, 2.24) is 25.4 Å². The normalized spacial score (nSPS) is 11.8. The van der Waals surface area contributed by atoms with E-state index in [0.29, 0.717) is 11.5 Å². The summed E-state index contributed by atoms with van der Waals surface area (Å²) in [5.74, 6) is 1.35. The van der Waals surface area contributed by atoms with Gasteiger partial charge in [0.1, 0.15) is 17.9 Å². The fourth-order valence-corrected chi connectivity index (χ4v) is 2.52. The number of aromatic amines is 2. The average Bonchev–Trinajstić information content (AvgIpc) is 2.55. The van der Waals surface area contributed by atoms with E-state index in [-0.39, 0.29) is 6.54 Å². The van der Waals surface area contributed by atoms with Crippen LogP contribution in [0.3, 0.4) is 0 Å². The van der Waals surface area contributed by atoms with Gasteiger partial charge >= 0.3 is 5.69 Å². The van der Waals surface area contributed by atoms with Gasteiger partial charge in [-0.25, -0.2) is 14.8 Å². The Labute approximate surface area is 144 Å². The summed E-state index contributed by atoms with van der Waals surface area (Å²) in [4.78, 5) is 41.3. The molecule has 0 radical (unpaired) electrons. The molecule has 9 nitrogen and oxygen atoms in total. The van der Waals surface area contributed by atoms with E-state index < -0.39 is 11.2 Å². The molecule has 2 aromatic heterocycles. The number of hydroxylamine groups is 1. The van der Waals surface area contributed by atoms with Crippen molar-refractivity contribution in [3.8, 4) is 0 Å². The highest BCUT2D eigenvalue weighted by molar-refractivity contribution is 5.69. The summed E-state index contributed by atoms with van der Waals surface area (Å²) in [6.07, 6.45) is 2.21. The lowest BCUT2D eigenvalue weighted by Gasteiger charge is -2.15. The van der Waals surface area contributed by atoms with Crippen LogP contribution in [0.1, 0.15) is 37.2 Å². The largest absolute Gasteiger partial charge is 0.413 e. The summed E-state index contributed by atoms with van der Waals surface area (Å²) >= 11 is 0. The third-order valence-electron chi connectivity index (χ3n) is 3.67. The van der Waals surface area contributed by atoms with Gasteiger partial charge < -0.3 is 15.1 Å². The minimum absolute atomic E-state index is 0.258. The molecule has 2 heterocycles. The molecule has 0 saturated carbocycles. The first-order valence-electron chi connectivity index (χ1n) is 7.88. The molecule has 2 aromatic rings. The number of allylic oxidation sites excluding steroid dienone is 2. The summed E-state index contributed by atoms with van der Waals surface area (Å²) < 4.78 is 0. The van der Waals surface area contributed by atoms with E-state index in [1.165, 1.54) is 12.4 Å². The first kappa shape index (κ1) is 18.4. The van der Waals surface area contributed by atoms with Crippen LogP contribution in [0.15, 0.2) is 27.7 Å². The predicted molar refractivity (Wildman–Crippen MR) is 94.8 cm³/mol. The zero-order chi connectivity index (χ0) is 18.4. The lowest BCUT2D eigenvalue weighted by molar-refractivity contribution is 0.129. The lowest BCUT2D eigenvalue weighted by atomic mass is 10.0. The monoisotopic (exact) mass is 346 g/mol. The Morgan fingerprint density at radius 2 is 2.04 bits per heavy atom. The Bertz CT molecular complexity index is 856. The molecule has 0 fully saturated rings. The molecule has 0 aliphatic heterocycles. The predicted octanol–water partition coefficient (Wildman–Crippen LogP) is 1.07. The van der Waals surface area contributed by atoms with Gasteiger partial charge in [0.25, 0.3) is 5.56 Å². The molecular formula is C16H22N6O3. The van der Waals surface area contributed by atoms with E-state index in [2.05, 4.69) is 30.7 Å². The maximum absolute atomic E-state index is 11.4. The van der Waals surface area contributed by atoms with Gasteiger partial charge in [-0.05, 0) is 20.3 Å². The van der Waals surface area contributed by atoms with Crippen LogP contribution in [-0.2, 0) is 11.4 Å². The molecule has 0 amide bonds. The quantitative estimate of drug-likeness (QED) is 0.436. The van der Waals surface area contributed by atoms with Gasteiger partial charge in [0, 0.05) is 29.9 Å². The van der Waals surface area contributed by atoms with E-state index in [9.17, 15) is 9.59 Å². The van der Waals surface area contributed by atoms with E-state index in [1.807, 2.05) is 20.8 Å². The number of hydrogen-bond acceptors (Lipinski definition) is 7. The molecule has 0 aromatic carbocycles. The highest BCUT2D eigenvalue weighted by Crippen LogP contribution is 2.26. The molecule has 0 aliphatic carbocycles. The first-order valence-corrected chi connectivity index (χ1v) is 7.88. The number of anilines is 1. The van der Waals surface area contributed by atoms with Crippen LogP contribution in [0.5, 0.6) is 0 Å². The molecule has 2 rings (SSSR count). The fourth-order valence-electron chi connectivity index (χ4n) is 2.52. The second kappa shape index (κ2) is 8.25. The van der Waals surface area contributed by atoms with E-state index in [0.717, 1.165) is 29.0 Å². The van der Waals surface area contributed by atoms with E-state index in [1.54, 1.807) is 7.05 Å². The maximum Gasteiger partial charge on any atom is 0.325 e. The summed E-state index contributed by atoms with van der Waals surface area (Å²) in [6.45, 7) is 6.05. The van der Waals surface area contributed by atoms with Gasteiger partial charge in [-0.3, -0.25) is 9.78 Å². The number of rotatable bonds is 7. The van der Waals surface area contributed by atoms with Crippen LogP contribution >= 0.6 is 0 Å². The smallest absolute Gasteiger partial charge is 0.325 e. The fraction of sp³-hybridized carbons (Fsp3) is 0.375. The molecule has 0 atom stereocenters. The van der Waals surface area contributed by atoms with Crippen molar-refractivity contribution in [3.05, 3.63) is 55.9 Å². The Morgan fingerprint density at radius 1 is 1.28 bits per heavy atom. The summed E-state index contributed by atoms with van der Waals surface area (Å²) in [5.41, 5.74) is 4.74. The zero-order valence-corrected chi connectivity index (χ0v) is 14.7. The Balaban J connectivity index is 2.30. The number of hydrogen-bond donors (Lipinski definition) is 4. The van der Waals surface area contributed by atoms with E-state index in [4.69, 9.17) is 4.84 Å². The van der Waals surface area contributed by atoms with Crippen LogP contribution in [-0.4, -0.2) is 27.0 Å². The van der Waals surface area contributed by atoms with E-state index >= 15 is 0 Å². The Morgan fingerprint density at radius 3 is 2.68 bits per heavy atom. The molecule has 0 saturated heterocycles. The van der Waals surface area contributed by atoms with Gasteiger partial charge in [0.15, 0.2) is 0 Å². The molecule has 4 N–H and O–H groups in total. The number of H-pyrrole nitrogens is 2. The van der Waals surface area contributed by atoms with Crippen molar-refractivity contribution in [3.63, 3.8) is 0 Å². The molecular weight excluding hydrogens is 324 g/mol. The summed E-state index contributed by atoms with van der Waals surface area (Å²) in [6, 6.07) is 1.33. The molecule has 0 unspecified atom stereocenters. The molecule has 0 spiro atoms. The van der Waals surface area contributed by atoms with Gasteiger partial charge in [0.05, 0.1) is 12.2 Å². The van der Waals surface area contributed by atoms with Crippen LogP contribution in [0, 0.1) is 6.92 Å². The minimum atomic E-state index is -0.541. The van der Waals surface area contributed by atoms with Crippen molar-refractivity contribution in [2.45, 2.75) is 33.7 Å². The number of nitrogens with zero attached hydrogens (tertiary/aromatic N) is 2. The lowest BCUT2D eigenvalue weighted by Crippen LogP contribution is -2.24. The highest BCUT2D eigenvalue weighted by Gasteiger charge is 2.14. The van der Waals surface area contributed by atoms with Crippen LogP contribution < -0.4 is 22.0 Å². The van der Waals surface area contributed by atoms with Crippen LogP contribution in [0.2, 0.25) is 0 Å². The summed E-state index contributed by atoms with van der Waals surface area (Å²) in [5, 5.41) is 3.12. The third kappa shape index (κ3) is 4.54. The highest BCUT2D eigenvalue weighted by atomic mass is 16.6. The van der Waals surface area contributed by atoms with Gasteiger partial charge in [0.2, 0.25) is 0 Å². The van der Waals surface area contributed by atoms with Crippen molar-refractivity contribution >= 4 is 11.4 Å². The Hall–Kier alpha value is -2.94. The molecule has 9 heteroatoms. The SMILES string of the molecule is CC/C(=C(/C)ONC)c1ncnc(NCc2cc(=O)[nH]c(=O)[nH]2)c1C. The zero-order valence-electron chi connectivity index (χ0n) is 14.7. The molecule has 25 heavy (non-hydrogen) atoms. The Kier molecular flexibility index (Phi) is 6.07. The second-order valence-electron chi connectivity index (χ2n) is 5.36. The average molecular weight is 346 g/mol. The van der Waals surface area contributed by atoms with Crippen molar-refractivity contribution in [1.29, 1.82) is 0 Å². The maximum atomic E-state index is 11.4. The molecule has 0 aliphatic rings. The van der Waals surface area contributed by atoms with Crippen LogP contribution in [0.4, 0.5) is 5.82 Å². The number of aromatic nitrogens is 4. The molecule has 0 bridgehead atoms. The third-order valence-corrected chi connectivity index (χ3v) is 3.67. The topological polar surface area (TPSA) is 125 Å². The second-order valence-corrected chi connectivity index (χ2v) is 5.36. The van der Waals surface area contributed by atoms with Gasteiger partial charge in [-0.15, -0.1) is 0 Å². The number of nitrogens with one attached hydrogen (secondary N) is 4. The standard InChI is InChI=1S/C16H22N6O3/c1-5-12(10(3)25-17-4)14-9(2)15(20-8-19-14)18-7-11-6-13(23)22-16(24)21-11/h6,8,17H,5,7H2,1-4H3,(H,18,19,20)(H2,21,22,23,24)/b12-10+. The van der Waals surface area contributed by atoms with Crippen LogP contribution in [0.25, 0.3) is 5.57 Å².